The summed E-state index contributed by atoms with van der Waals surface area (Å²) in [6, 6.07) is 13.3. The zero-order valence-electron chi connectivity index (χ0n) is 15.4. The molecule has 1 aliphatic heterocycles. The Labute approximate surface area is 168 Å². The molecule has 1 heterocycles. The van der Waals surface area contributed by atoms with Crippen molar-refractivity contribution in [1.29, 1.82) is 0 Å². The van der Waals surface area contributed by atoms with Crippen molar-refractivity contribution in [2.45, 2.75) is 11.4 Å². The summed E-state index contributed by atoms with van der Waals surface area (Å²) >= 11 is 3.36. The van der Waals surface area contributed by atoms with Gasteiger partial charge in [-0.1, -0.05) is 30.3 Å². The van der Waals surface area contributed by atoms with E-state index in [4.69, 9.17) is 9.47 Å². The second kappa shape index (κ2) is 8.60. The third kappa shape index (κ3) is 4.45. The molecule has 2 aromatic rings. The summed E-state index contributed by atoms with van der Waals surface area (Å²) in [6.07, 6.45) is 0. The maximum Gasteiger partial charge on any atom is 0.246 e. The smallest absolute Gasteiger partial charge is 0.246 e. The number of hydrogen-bond donors (Lipinski definition) is 0. The Morgan fingerprint density at radius 1 is 0.963 bits per heavy atom. The molecule has 0 aromatic heterocycles. The van der Waals surface area contributed by atoms with Crippen molar-refractivity contribution in [3.63, 3.8) is 0 Å². The van der Waals surface area contributed by atoms with Crippen molar-refractivity contribution in [3.8, 4) is 11.5 Å². The Morgan fingerprint density at radius 3 is 2.19 bits per heavy atom. The fourth-order valence-electron chi connectivity index (χ4n) is 3.14. The van der Waals surface area contributed by atoms with E-state index in [1.165, 1.54) is 24.1 Å². The van der Waals surface area contributed by atoms with Gasteiger partial charge in [-0.05, 0) is 27.6 Å². The largest absolute Gasteiger partial charge is 0.495 e. The molecule has 0 spiro atoms. The Hall–Kier alpha value is -1.61. The lowest BCUT2D eigenvalue weighted by Crippen LogP contribution is -2.48. The van der Waals surface area contributed by atoms with E-state index in [1.807, 2.05) is 18.2 Å². The van der Waals surface area contributed by atoms with Crippen LogP contribution in [0.15, 0.2) is 51.8 Å². The van der Waals surface area contributed by atoms with Crippen LogP contribution in [0.5, 0.6) is 11.5 Å². The average molecular weight is 455 g/mol. The van der Waals surface area contributed by atoms with Gasteiger partial charge in [0.1, 0.15) is 16.4 Å². The van der Waals surface area contributed by atoms with E-state index >= 15 is 0 Å². The fourth-order valence-corrected chi connectivity index (χ4v) is 5.38. The number of sulfonamides is 1. The number of nitrogens with zero attached hydrogens (tertiary/aromatic N) is 2. The fraction of sp³-hybridized carbons (Fsp3) is 0.368. The van der Waals surface area contributed by atoms with Gasteiger partial charge in [0.15, 0.2) is 0 Å². The first-order valence-corrected chi connectivity index (χ1v) is 10.9. The van der Waals surface area contributed by atoms with Gasteiger partial charge in [-0.25, -0.2) is 8.42 Å². The third-order valence-electron chi connectivity index (χ3n) is 4.64. The standard InChI is InChI=1S/C19H23BrN2O4S/c1-25-17-13-18(26-2)19(12-16(17)20)27(23,24)22-10-8-21(9-11-22)14-15-6-4-3-5-7-15/h3-7,12-13H,8-11,14H2,1-2H3. The molecular weight excluding hydrogens is 432 g/mol. The van der Waals surface area contributed by atoms with Crippen LogP contribution in [0, 0.1) is 0 Å². The summed E-state index contributed by atoms with van der Waals surface area (Å²) in [5, 5.41) is 0. The summed E-state index contributed by atoms with van der Waals surface area (Å²) in [4.78, 5) is 2.41. The van der Waals surface area contributed by atoms with E-state index < -0.39 is 10.0 Å². The molecule has 0 bridgehead atoms. The minimum absolute atomic E-state index is 0.147. The third-order valence-corrected chi connectivity index (χ3v) is 7.18. The molecule has 1 aliphatic rings. The number of hydrogen-bond acceptors (Lipinski definition) is 5. The maximum absolute atomic E-state index is 13.1. The van der Waals surface area contributed by atoms with Crippen LogP contribution in [0.3, 0.4) is 0 Å². The molecule has 0 amide bonds. The monoisotopic (exact) mass is 454 g/mol. The van der Waals surface area contributed by atoms with Gasteiger partial charge in [-0.3, -0.25) is 4.90 Å². The molecule has 1 saturated heterocycles. The molecule has 0 atom stereocenters. The van der Waals surface area contributed by atoms with Gasteiger partial charge in [0.2, 0.25) is 10.0 Å². The summed E-state index contributed by atoms with van der Waals surface area (Å²) in [5.74, 6) is 0.806. The molecular formula is C19H23BrN2O4S. The van der Waals surface area contributed by atoms with Crippen molar-refractivity contribution in [2.75, 3.05) is 40.4 Å². The average Bonchev–Trinajstić information content (AvgIpc) is 2.69. The quantitative estimate of drug-likeness (QED) is 0.671. The Kier molecular flexibility index (Phi) is 6.41. The SMILES string of the molecule is COc1cc(OC)c(S(=O)(=O)N2CCN(Cc3ccccc3)CC2)cc1Br. The Balaban J connectivity index is 1.74. The number of methoxy groups -OCH3 is 2. The number of piperazine rings is 1. The molecule has 27 heavy (non-hydrogen) atoms. The number of ether oxygens (including phenoxy) is 2. The molecule has 2 aromatic carbocycles. The van der Waals surface area contributed by atoms with E-state index in [1.54, 1.807) is 12.1 Å². The Bertz CT molecular complexity index is 882. The van der Waals surface area contributed by atoms with Gasteiger partial charge in [-0.2, -0.15) is 4.31 Å². The van der Waals surface area contributed by atoms with Crippen LogP contribution in [-0.4, -0.2) is 58.0 Å². The lowest BCUT2D eigenvalue weighted by molar-refractivity contribution is 0.181. The first-order valence-electron chi connectivity index (χ1n) is 8.63. The second-order valence-corrected chi connectivity index (χ2v) is 9.06. The summed E-state index contributed by atoms with van der Waals surface area (Å²) in [6.45, 7) is 3.09. The molecule has 0 unspecified atom stereocenters. The molecule has 146 valence electrons. The van der Waals surface area contributed by atoms with Gasteiger partial charge < -0.3 is 9.47 Å². The highest BCUT2D eigenvalue weighted by molar-refractivity contribution is 9.10. The number of halogens is 1. The first kappa shape index (κ1) is 20.1. The first-order chi connectivity index (χ1) is 13.0. The van der Waals surface area contributed by atoms with Crippen LogP contribution in [0.4, 0.5) is 0 Å². The van der Waals surface area contributed by atoms with E-state index in [0.717, 1.165) is 6.54 Å². The zero-order valence-corrected chi connectivity index (χ0v) is 17.8. The van der Waals surface area contributed by atoms with Crippen molar-refractivity contribution in [2.24, 2.45) is 0 Å². The lowest BCUT2D eigenvalue weighted by Gasteiger charge is -2.34. The highest BCUT2D eigenvalue weighted by Gasteiger charge is 2.31. The van der Waals surface area contributed by atoms with Gasteiger partial charge in [-0.15, -0.1) is 0 Å². The molecule has 1 fully saturated rings. The predicted octanol–water partition coefficient (Wildman–Crippen LogP) is 2.97. The normalized spacial score (nSPS) is 16.3. The van der Waals surface area contributed by atoms with Gasteiger partial charge in [0, 0.05) is 38.8 Å². The second-order valence-electron chi connectivity index (χ2n) is 6.30. The molecule has 6 nitrogen and oxygen atoms in total. The number of benzene rings is 2. The molecule has 3 rings (SSSR count). The van der Waals surface area contributed by atoms with E-state index in [0.29, 0.717) is 36.4 Å². The highest BCUT2D eigenvalue weighted by atomic mass is 79.9. The van der Waals surface area contributed by atoms with Crippen molar-refractivity contribution in [3.05, 3.63) is 52.5 Å². The summed E-state index contributed by atoms with van der Waals surface area (Å²) in [5.41, 5.74) is 1.23. The van der Waals surface area contributed by atoms with Crippen LogP contribution >= 0.6 is 15.9 Å². The molecule has 0 saturated carbocycles. The van der Waals surface area contributed by atoms with Crippen molar-refractivity contribution in [1.82, 2.24) is 9.21 Å². The topological polar surface area (TPSA) is 59.1 Å². The van der Waals surface area contributed by atoms with E-state index in [2.05, 4.69) is 33.0 Å². The minimum atomic E-state index is -3.65. The van der Waals surface area contributed by atoms with Crippen molar-refractivity contribution < 1.29 is 17.9 Å². The Morgan fingerprint density at radius 2 is 1.59 bits per heavy atom. The minimum Gasteiger partial charge on any atom is -0.495 e. The van der Waals surface area contributed by atoms with Crippen molar-refractivity contribution >= 4 is 26.0 Å². The van der Waals surface area contributed by atoms with E-state index in [9.17, 15) is 8.42 Å². The van der Waals surface area contributed by atoms with Gasteiger partial charge in [0.05, 0.1) is 18.7 Å². The van der Waals surface area contributed by atoms with Crippen LogP contribution < -0.4 is 9.47 Å². The number of rotatable bonds is 6. The molecule has 0 aliphatic carbocycles. The van der Waals surface area contributed by atoms with Gasteiger partial charge in [0.25, 0.3) is 0 Å². The maximum atomic E-state index is 13.1. The van der Waals surface area contributed by atoms with Crippen LogP contribution in [0.2, 0.25) is 0 Å². The summed E-state index contributed by atoms with van der Waals surface area (Å²) in [7, 11) is -0.667. The predicted molar refractivity (Wildman–Crippen MR) is 108 cm³/mol. The van der Waals surface area contributed by atoms with Crippen LogP contribution in [0.25, 0.3) is 0 Å². The van der Waals surface area contributed by atoms with Crippen LogP contribution in [-0.2, 0) is 16.6 Å². The molecule has 0 radical (unpaired) electrons. The van der Waals surface area contributed by atoms with Gasteiger partial charge >= 0.3 is 0 Å². The van der Waals surface area contributed by atoms with E-state index in [-0.39, 0.29) is 10.6 Å². The van der Waals surface area contributed by atoms with Crippen LogP contribution in [0.1, 0.15) is 5.56 Å². The summed E-state index contributed by atoms with van der Waals surface area (Å²) < 4.78 is 38.9. The highest BCUT2D eigenvalue weighted by Crippen LogP contribution is 2.36. The lowest BCUT2D eigenvalue weighted by atomic mass is 10.2. The molecule has 8 heteroatoms. The zero-order chi connectivity index (χ0) is 19.4. The molecule has 0 N–H and O–H groups in total.